The lowest BCUT2D eigenvalue weighted by atomic mass is 9.78. The molecule has 2 nitrogen and oxygen atoms in total. The highest BCUT2D eigenvalue weighted by Gasteiger charge is 2.25. The fourth-order valence-electron chi connectivity index (χ4n) is 2.50. The number of nitrogens with two attached hydrogens (primary N) is 2. The third kappa shape index (κ3) is 2.96. The van der Waals surface area contributed by atoms with E-state index in [9.17, 15) is 0 Å². The van der Waals surface area contributed by atoms with Gasteiger partial charge in [-0.3, -0.25) is 0 Å². The summed E-state index contributed by atoms with van der Waals surface area (Å²) < 4.78 is 0. The zero-order valence-corrected chi connectivity index (χ0v) is 8.84. The molecule has 0 saturated heterocycles. The van der Waals surface area contributed by atoms with Gasteiger partial charge in [0, 0.05) is 6.04 Å². The fraction of sp³-hybridized carbons (Fsp3) is 1.00. The molecule has 0 aromatic carbocycles. The molecule has 1 fully saturated rings. The van der Waals surface area contributed by atoms with E-state index in [2.05, 4.69) is 6.92 Å². The van der Waals surface area contributed by atoms with Crippen molar-refractivity contribution < 1.29 is 0 Å². The Bertz CT molecular complexity index is 126. The van der Waals surface area contributed by atoms with Crippen LogP contribution < -0.4 is 11.5 Å². The van der Waals surface area contributed by atoms with Crippen LogP contribution >= 0.6 is 0 Å². The molecule has 1 aliphatic carbocycles. The molecule has 4 N–H and O–H groups in total. The molecule has 2 atom stereocenters. The number of hydrogen-bond acceptors (Lipinski definition) is 2. The van der Waals surface area contributed by atoms with Crippen LogP contribution in [0.1, 0.15) is 45.4 Å². The molecular weight excluding hydrogens is 160 g/mol. The van der Waals surface area contributed by atoms with E-state index in [0.29, 0.717) is 12.0 Å². The molecule has 0 spiro atoms. The van der Waals surface area contributed by atoms with Crippen molar-refractivity contribution in [1.82, 2.24) is 0 Å². The first-order valence-corrected chi connectivity index (χ1v) is 5.75. The lowest BCUT2D eigenvalue weighted by Gasteiger charge is -2.32. The van der Waals surface area contributed by atoms with E-state index < -0.39 is 0 Å². The highest BCUT2D eigenvalue weighted by Crippen LogP contribution is 2.28. The molecule has 13 heavy (non-hydrogen) atoms. The van der Waals surface area contributed by atoms with Crippen molar-refractivity contribution in [2.24, 2.45) is 23.3 Å². The summed E-state index contributed by atoms with van der Waals surface area (Å²) >= 11 is 0. The smallest absolute Gasteiger partial charge is 0.0108 e. The third-order valence-corrected chi connectivity index (χ3v) is 3.57. The molecule has 0 radical (unpaired) electrons. The fourth-order valence-corrected chi connectivity index (χ4v) is 2.50. The van der Waals surface area contributed by atoms with E-state index in [1.54, 1.807) is 0 Å². The average molecular weight is 184 g/mol. The van der Waals surface area contributed by atoms with Crippen LogP contribution in [0.15, 0.2) is 0 Å². The minimum absolute atomic E-state index is 0.357. The zero-order valence-electron chi connectivity index (χ0n) is 8.84. The molecule has 0 bridgehead atoms. The molecule has 0 amide bonds. The van der Waals surface area contributed by atoms with Crippen LogP contribution in [0, 0.1) is 11.8 Å². The predicted octanol–water partition coefficient (Wildman–Crippen LogP) is 1.88. The lowest BCUT2D eigenvalue weighted by Crippen LogP contribution is -2.41. The van der Waals surface area contributed by atoms with Crippen molar-refractivity contribution in [3.63, 3.8) is 0 Å². The lowest BCUT2D eigenvalue weighted by molar-refractivity contribution is 0.242. The van der Waals surface area contributed by atoms with Crippen LogP contribution in [0.4, 0.5) is 0 Å². The summed E-state index contributed by atoms with van der Waals surface area (Å²) in [5.74, 6) is 1.30. The van der Waals surface area contributed by atoms with Gasteiger partial charge in [-0.2, -0.15) is 0 Å². The maximum atomic E-state index is 6.23. The summed E-state index contributed by atoms with van der Waals surface area (Å²) in [5, 5.41) is 0. The summed E-state index contributed by atoms with van der Waals surface area (Å²) in [4.78, 5) is 0. The summed E-state index contributed by atoms with van der Waals surface area (Å²) in [5.41, 5.74) is 11.9. The Labute approximate surface area is 82.1 Å². The van der Waals surface area contributed by atoms with Crippen LogP contribution in [0.5, 0.6) is 0 Å². The van der Waals surface area contributed by atoms with Gasteiger partial charge in [0.2, 0.25) is 0 Å². The highest BCUT2D eigenvalue weighted by molar-refractivity contribution is 4.82. The van der Waals surface area contributed by atoms with Gasteiger partial charge in [0.25, 0.3) is 0 Å². The number of rotatable bonds is 4. The molecule has 2 heteroatoms. The molecule has 0 aromatic rings. The predicted molar refractivity (Wildman–Crippen MR) is 57.4 cm³/mol. The van der Waals surface area contributed by atoms with Gasteiger partial charge < -0.3 is 11.5 Å². The Kier molecular flexibility index (Phi) is 4.74. The van der Waals surface area contributed by atoms with Gasteiger partial charge >= 0.3 is 0 Å². The molecule has 1 rings (SSSR count). The van der Waals surface area contributed by atoms with E-state index in [4.69, 9.17) is 11.5 Å². The monoisotopic (exact) mass is 184 g/mol. The first-order valence-electron chi connectivity index (χ1n) is 5.75. The molecule has 78 valence electrons. The van der Waals surface area contributed by atoms with Crippen molar-refractivity contribution >= 4 is 0 Å². The second-order valence-electron chi connectivity index (χ2n) is 4.38. The highest BCUT2D eigenvalue weighted by atomic mass is 14.7. The number of hydrogen-bond donors (Lipinski definition) is 2. The van der Waals surface area contributed by atoms with Crippen LogP contribution in [0.25, 0.3) is 0 Å². The quantitative estimate of drug-likeness (QED) is 0.701. The summed E-state index contributed by atoms with van der Waals surface area (Å²) in [7, 11) is 0. The van der Waals surface area contributed by atoms with E-state index in [1.807, 2.05) is 0 Å². The van der Waals surface area contributed by atoms with E-state index in [0.717, 1.165) is 18.9 Å². The minimum Gasteiger partial charge on any atom is -0.330 e. The Balaban J connectivity index is 2.38. The van der Waals surface area contributed by atoms with Crippen molar-refractivity contribution in [2.45, 2.75) is 51.5 Å². The standard InChI is InChI=1S/C11H24N2/c1-2-9(8-12)11(13)10-6-4-3-5-7-10/h9-11H,2-8,12-13H2,1H3. The van der Waals surface area contributed by atoms with Crippen LogP contribution in [-0.4, -0.2) is 12.6 Å². The molecule has 0 heterocycles. The van der Waals surface area contributed by atoms with Gasteiger partial charge in [-0.1, -0.05) is 32.6 Å². The summed E-state index contributed by atoms with van der Waals surface area (Å²) in [6, 6.07) is 0.357. The third-order valence-electron chi connectivity index (χ3n) is 3.57. The Morgan fingerprint density at radius 3 is 2.31 bits per heavy atom. The summed E-state index contributed by atoms with van der Waals surface area (Å²) in [6.45, 7) is 2.95. The van der Waals surface area contributed by atoms with Gasteiger partial charge in [0.1, 0.15) is 0 Å². The van der Waals surface area contributed by atoms with Gasteiger partial charge in [0.05, 0.1) is 0 Å². The maximum absolute atomic E-state index is 6.23. The molecule has 1 aliphatic rings. The molecule has 2 unspecified atom stereocenters. The van der Waals surface area contributed by atoms with Crippen LogP contribution in [0.3, 0.4) is 0 Å². The van der Waals surface area contributed by atoms with Crippen LogP contribution in [0.2, 0.25) is 0 Å². The topological polar surface area (TPSA) is 52.0 Å². The minimum atomic E-state index is 0.357. The molecule has 1 saturated carbocycles. The first kappa shape index (κ1) is 11.0. The molecule has 0 aliphatic heterocycles. The van der Waals surface area contributed by atoms with E-state index in [-0.39, 0.29) is 0 Å². The molecule has 0 aromatic heterocycles. The Morgan fingerprint density at radius 2 is 1.85 bits per heavy atom. The van der Waals surface area contributed by atoms with Crippen LogP contribution in [-0.2, 0) is 0 Å². The van der Waals surface area contributed by atoms with Gasteiger partial charge in [0.15, 0.2) is 0 Å². The molecular formula is C11H24N2. The zero-order chi connectivity index (χ0) is 9.68. The normalized spacial score (nSPS) is 24.2. The van der Waals surface area contributed by atoms with Gasteiger partial charge in [-0.25, -0.2) is 0 Å². The van der Waals surface area contributed by atoms with Crippen molar-refractivity contribution in [3.8, 4) is 0 Å². The average Bonchev–Trinajstić information content (AvgIpc) is 2.21. The van der Waals surface area contributed by atoms with Crippen molar-refractivity contribution in [3.05, 3.63) is 0 Å². The van der Waals surface area contributed by atoms with E-state index >= 15 is 0 Å². The van der Waals surface area contributed by atoms with E-state index in [1.165, 1.54) is 32.1 Å². The van der Waals surface area contributed by atoms with Gasteiger partial charge in [-0.15, -0.1) is 0 Å². The Hall–Kier alpha value is -0.0800. The van der Waals surface area contributed by atoms with Crippen molar-refractivity contribution in [1.29, 1.82) is 0 Å². The second-order valence-corrected chi connectivity index (χ2v) is 4.38. The second kappa shape index (κ2) is 5.61. The first-order chi connectivity index (χ1) is 6.29. The van der Waals surface area contributed by atoms with Gasteiger partial charge in [-0.05, 0) is 31.2 Å². The SMILES string of the molecule is CCC(CN)C(N)C1CCCCC1. The summed E-state index contributed by atoms with van der Waals surface area (Å²) in [6.07, 6.45) is 7.95. The largest absolute Gasteiger partial charge is 0.330 e. The van der Waals surface area contributed by atoms with Crippen molar-refractivity contribution in [2.75, 3.05) is 6.54 Å². The Morgan fingerprint density at radius 1 is 1.23 bits per heavy atom. The maximum Gasteiger partial charge on any atom is 0.0108 e.